The fourth-order valence-corrected chi connectivity index (χ4v) is 1.58. The zero-order valence-electron chi connectivity index (χ0n) is 11.3. The van der Waals surface area contributed by atoms with Crippen LogP contribution >= 0.6 is 0 Å². The standard InChI is InChI=1S/C13H22N2O2/c1-6-9(7-2)12(16)14-11-8-10(17-15-11)13(3,4)5/h8-9H,6-7H2,1-5H3,(H,14,15,16). The maximum absolute atomic E-state index is 11.8. The molecule has 1 N–H and O–H groups in total. The van der Waals surface area contributed by atoms with Crippen LogP contribution in [0.5, 0.6) is 0 Å². The first-order valence-corrected chi connectivity index (χ1v) is 6.16. The van der Waals surface area contributed by atoms with Gasteiger partial charge in [0.1, 0.15) is 5.76 Å². The van der Waals surface area contributed by atoms with E-state index < -0.39 is 0 Å². The molecular formula is C13H22N2O2. The molecule has 1 rings (SSSR count). The van der Waals surface area contributed by atoms with Crippen molar-refractivity contribution in [1.82, 2.24) is 5.16 Å². The van der Waals surface area contributed by atoms with Crippen molar-refractivity contribution in [1.29, 1.82) is 0 Å². The van der Waals surface area contributed by atoms with Gasteiger partial charge in [0.25, 0.3) is 0 Å². The van der Waals surface area contributed by atoms with Gasteiger partial charge in [0.05, 0.1) is 0 Å². The van der Waals surface area contributed by atoms with E-state index in [1.165, 1.54) is 0 Å². The summed E-state index contributed by atoms with van der Waals surface area (Å²) in [6.07, 6.45) is 1.68. The van der Waals surface area contributed by atoms with Crippen LogP contribution in [0.25, 0.3) is 0 Å². The number of hydrogen-bond donors (Lipinski definition) is 1. The average Bonchev–Trinajstić information content (AvgIpc) is 2.67. The second-order valence-electron chi connectivity index (χ2n) is 5.33. The quantitative estimate of drug-likeness (QED) is 0.875. The highest BCUT2D eigenvalue weighted by molar-refractivity contribution is 5.91. The number of aromatic nitrogens is 1. The molecule has 0 aliphatic rings. The van der Waals surface area contributed by atoms with Crippen molar-refractivity contribution >= 4 is 11.7 Å². The second kappa shape index (κ2) is 5.34. The number of hydrogen-bond acceptors (Lipinski definition) is 3. The molecule has 0 spiro atoms. The van der Waals surface area contributed by atoms with E-state index in [-0.39, 0.29) is 17.2 Å². The summed E-state index contributed by atoms with van der Waals surface area (Å²) in [5, 5.41) is 6.66. The fourth-order valence-electron chi connectivity index (χ4n) is 1.58. The normalized spacial score (nSPS) is 11.9. The zero-order valence-corrected chi connectivity index (χ0v) is 11.3. The number of amides is 1. The molecule has 0 atom stereocenters. The monoisotopic (exact) mass is 238 g/mol. The van der Waals surface area contributed by atoms with Gasteiger partial charge >= 0.3 is 0 Å². The number of rotatable bonds is 4. The predicted molar refractivity (Wildman–Crippen MR) is 67.9 cm³/mol. The fraction of sp³-hybridized carbons (Fsp3) is 0.692. The van der Waals surface area contributed by atoms with Crippen LogP contribution in [0.15, 0.2) is 10.6 Å². The number of anilines is 1. The van der Waals surface area contributed by atoms with Gasteiger partial charge in [-0.25, -0.2) is 0 Å². The van der Waals surface area contributed by atoms with E-state index in [0.717, 1.165) is 18.6 Å². The maximum Gasteiger partial charge on any atom is 0.228 e. The SMILES string of the molecule is CCC(CC)C(=O)Nc1cc(C(C)(C)C)on1. The minimum atomic E-state index is -0.0924. The molecule has 0 unspecified atom stereocenters. The lowest BCUT2D eigenvalue weighted by Crippen LogP contribution is -2.21. The van der Waals surface area contributed by atoms with E-state index >= 15 is 0 Å². The lowest BCUT2D eigenvalue weighted by molar-refractivity contribution is -0.120. The molecule has 1 heterocycles. The summed E-state index contributed by atoms with van der Waals surface area (Å²) in [4.78, 5) is 11.8. The van der Waals surface area contributed by atoms with Crippen molar-refractivity contribution in [2.24, 2.45) is 5.92 Å². The van der Waals surface area contributed by atoms with Gasteiger partial charge in [-0.05, 0) is 12.8 Å². The topological polar surface area (TPSA) is 55.1 Å². The summed E-state index contributed by atoms with van der Waals surface area (Å²) in [6.45, 7) is 10.1. The number of nitrogens with zero attached hydrogens (tertiary/aromatic N) is 1. The van der Waals surface area contributed by atoms with Gasteiger partial charge < -0.3 is 9.84 Å². The Hall–Kier alpha value is -1.32. The molecule has 0 aliphatic heterocycles. The molecule has 0 aliphatic carbocycles. The molecule has 4 nitrogen and oxygen atoms in total. The zero-order chi connectivity index (χ0) is 13.1. The molecule has 0 bridgehead atoms. The Morgan fingerprint density at radius 2 is 2.00 bits per heavy atom. The van der Waals surface area contributed by atoms with E-state index in [1.807, 2.05) is 34.6 Å². The smallest absolute Gasteiger partial charge is 0.228 e. The minimum absolute atomic E-state index is 0.0174. The van der Waals surface area contributed by atoms with Crippen LogP contribution in [0.4, 0.5) is 5.82 Å². The Labute approximate surface area is 103 Å². The van der Waals surface area contributed by atoms with Gasteiger partial charge in [-0.3, -0.25) is 4.79 Å². The maximum atomic E-state index is 11.8. The van der Waals surface area contributed by atoms with Crippen LogP contribution in [0, 0.1) is 5.92 Å². The lowest BCUT2D eigenvalue weighted by Gasteiger charge is -2.12. The number of carbonyl (C=O) groups is 1. The van der Waals surface area contributed by atoms with Crippen LogP contribution in [0.3, 0.4) is 0 Å². The average molecular weight is 238 g/mol. The summed E-state index contributed by atoms with van der Waals surface area (Å²) in [6, 6.07) is 1.79. The molecular weight excluding hydrogens is 216 g/mol. The minimum Gasteiger partial charge on any atom is -0.359 e. The van der Waals surface area contributed by atoms with E-state index in [0.29, 0.717) is 5.82 Å². The molecule has 96 valence electrons. The van der Waals surface area contributed by atoms with Crippen molar-refractivity contribution in [3.63, 3.8) is 0 Å². The van der Waals surface area contributed by atoms with E-state index in [4.69, 9.17) is 4.52 Å². The first-order valence-electron chi connectivity index (χ1n) is 6.16. The van der Waals surface area contributed by atoms with Crippen LogP contribution in [0.1, 0.15) is 53.2 Å². The molecule has 4 heteroatoms. The highest BCUT2D eigenvalue weighted by atomic mass is 16.5. The largest absolute Gasteiger partial charge is 0.359 e. The van der Waals surface area contributed by atoms with Gasteiger partial charge in [-0.1, -0.05) is 39.8 Å². The van der Waals surface area contributed by atoms with Gasteiger partial charge in [0.15, 0.2) is 5.82 Å². The Bertz CT molecular complexity index is 373. The molecule has 1 aromatic rings. The molecule has 0 saturated carbocycles. The van der Waals surface area contributed by atoms with Gasteiger partial charge in [-0.15, -0.1) is 0 Å². The molecule has 1 aromatic heterocycles. The summed E-state index contributed by atoms with van der Waals surface area (Å²) in [5.74, 6) is 1.35. The van der Waals surface area contributed by atoms with E-state index in [9.17, 15) is 4.79 Å². The lowest BCUT2D eigenvalue weighted by atomic mass is 9.93. The van der Waals surface area contributed by atoms with Gasteiger partial charge in [0, 0.05) is 17.4 Å². The van der Waals surface area contributed by atoms with Crippen molar-refractivity contribution in [2.45, 2.75) is 52.9 Å². The Kier molecular flexibility index (Phi) is 4.32. The molecule has 17 heavy (non-hydrogen) atoms. The third-order valence-corrected chi connectivity index (χ3v) is 2.86. The van der Waals surface area contributed by atoms with Crippen LogP contribution < -0.4 is 5.32 Å². The first-order chi connectivity index (χ1) is 7.88. The van der Waals surface area contributed by atoms with Crippen LogP contribution in [-0.4, -0.2) is 11.1 Å². The molecule has 0 radical (unpaired) electrons. The summed E-state index contributed by atoms with van der Waals surface area (Å²) >= 11 is 0. The molecule has 0 aromatic carbocycles. The van der Waals surface area contributed by atoms with E-state index in [2.05, 4.69) is 10.5 Å². The van der Waals surface area contributed by atoms with Crippen LogP contribution in [-0.2, 0) is 10.2 Å². The summed E-state index contributed by atoms with van der Waals surface area (Å²) in [5.41, 5.74) is -0.0924. The highest BCUT2D eigenvalue weighted by Gasteiger charge is 2.21. The predicted octanol–water partition coefficient (Wildman–Crippen LogP) is 3.35. The molecule has 1 amide bonds. The number of carbonyl (C=O) groups excluding carboxylic acids is 1. The third kappa shape index (κ3) is 3.58. The summed E-state index contributed by atoms with van der Waals surface area (Å²) < 4.78 is 5.21. The van der Waals surface area contributed by atoms with Gasteiger partial charge in [0.2, 0.25) is 5.91 Å². The van der Waals surface area contributed by atoms with E-state index in [1.54, 1.807) is 6.07 Å². The molecule has 0 fully saturated rings. The highest BCUT2D eigenvalue weighted by Crippen LogP contribution is 2.24. The Morgan fingerprint density at radius 1 is 1.41 bits per heavy atom. The first kappa shape index (κ1) is 13.7. The van der Waals surface area contributed by atoms with Crippen molar-refractivity contribution in [2.75, 3.05) is 5.32 Å². The Morgan fingerprint density at radius 3 is 2.41 bits per heavy atom. The van der Waals surface area contributed by atoms with Crippen LogP contribution in [0.2, 0.25) is 0 Å². The van der Waals surface area contributed by atoms with Crippen molar-refractivity contribution < 1.29 is 9.32 Å². The molecule has 0 saturated heterocycles. The Balaban J connectivity index is 2.70. The number of nitrogens with one attached hydrogen (secondary N) is 1. The summed E-state index contributed by atoms with van der Waals surface area (Å²) in [7, 11) is 0. The second-order valence-corrected chi connectivity index (χ2v) is 5.33. The third-order valence-electron chi connectivity index (χ3n) is 2.86. The van der Waals surface area contributed by atoms with Gasteiger partial charge in [-0.2, -0.15) is 0 Å². The van der Waals surface area contributed by atoms with Crippen molar-refractivity contribution in [3.8, 4) is 0 Å². The van der Waals surface area contributed by atoms with Crippen molar-refractivity contribution in [3.05, 3.63) is 11.8 Å².